The van der Waals surface area contributed by atoms with Crippen LogP contribution in [0.1, 0.15) is 19.0 Å². The van der Waals surface area contributed by atoms with Crippen LogP contribution >= 0.6 is 0 Å². The summed E-state index contributed by atoms with van der Waals surface area (Å²) in [4.78, 5) is 6.89. The minimum atomic E-state index is 0.898. The molecule has 2 heterocycles. The van der Waals surface area contributed by atoms with E-state index in [0.29, 0.717) is 0 Å². The summed E-state index contributed by atoms with van der Waals surface area (Å²) in [7, 11) is 2.14. The average Bonchev–Trinajstić information content (AvgIpc) is 2.76. The zero-order chi connectivity index (χ0) is 12.8. The van der Waals surface area contributed by atoms with Gasteiger partial charge in [0.05, 0.1) is 5.69 Å². The van der Waals surface area contributed by atoms with Crippen LogP contribution in [0.4, 0.5) is 0 Å². The largest absolute Gasteiger partial charge is 0.315 e. The van der Waals surface area contributed by atoms with E-state index in [4.69, 9.17) is 0 Å². The molecular weight excluding hydrogens is 224 g/mol. The van der Waals surface area contributed by atoms with Gasteiger partial charge in [0, 0.05) is 32.0 Å². The van der Waals surface area contributed by atoms with Crippen molar-refractivity contribution < 1.29 is 0 Å². The van der Waals surface area contributed by atoms with Gasteiger partial charge in [0.1, 0.15) is 5.65 Å². The lowest BCUT2D eigenvalue weighted by molar-refractivity contribution is 0.321. The number of aromatic nitrogens is 2. The van der Waals surface area contributed by atoms with E-state index in [1.54, 1.807) is 0 Å². The third-order valence-corrected chi connectivity index (χ3v) is 2.94. The molecule has 0 aromatic carbocycles. The molecule has 0 aliphatic carbocycles. The molecule has 0 aliphatic heterocycles. The summed E-state index contributed by atoms with van der Waals surface area (Å²) >= 11 is 0. The van der Waals surface area contributed by atoms with E-state index in [2.05, 4.69) is 39.8 Å². The van der Waals surface area contributed by atoms with E-state index in [9.17, 15) is 0 Å². The molecule has 18 heavy (non-hydrogen) atoms. The Morgan fingerprint density at radius 1 is 1.33 bits per heavy atom. The predicted molar refractivity (Wildman–Crippen MR) is 74.7 cm³/mol. The predicted octanol–water partition coefficient (Wildman–Crippen LogP) is 1.77. The highest BCUT2D eigenvalue weighted by Crippen LogP contribution is 2.06. The van der Waals surface area contributed by atoms with Crippen LogP contribution in [0.3, 0.4) is 0 Å². The Morgan fingerprint density at radius 3 is 3.00 bits per heavy atom. The van der Waals surface area contributed by atoms with Crippen molar-refractivity contribution in [3.05, 3.63) is 36.3 Å². The van der Waals surface area contributed by atoms with Crippen LogP contribution in [-0.4, -0.2) is 41.0 Å². The maximum Gasteiger partial charge on any atom is 0.137 e. The van der Waals surface area contributed by atoms with Gasteiger partial charge in [-0.3, -0.25) is 4.90 Å². The second kappa shape index (κ2) is 6.52. The second-order valence-corrected chi connectivity index (χ2v) is 4.69. The molecule has 2 aromatic heterocycles. The van der Waals surface area contributed by atoms with E-state index < -0.39 is 0 Å². The van der Waals surface area contributed by atoms with Crippen molar-refractivity contribution in [1.82, 2.24) is 19.6 Å². The van der Waals surface area contributed by atoms with Crippen molar-refractivity contribution in [3.63, 3.8) is 0 Å². The van der Waals surface area contributed by atoms with Crippen molar-refractivity contribution in [2.75, 3.05) is 26.7 Å². The van der Waals surface area contributed by atoms with Gasteiger partial charge in [-0.1, -0.05) is 13.0 Å². The van der Waals surface area contributed by atoms with Crippen LogP contribution in [0.15, 0.2) is 30.6 Å². The number of likely N-dealkylation sites (N-methyl/N-ethyl adjacent to an activating group) is 1. The lowest BCUT2D eigenvalue weighted by Crippen LogP contribution is -2.29. The van der Waals surface area contributed by atoms with Gasteiger partial charge in [-0.15, -0.1) is 0 Å². The molecule has 2 aromatic rings. The Morgan fingerprint density at radius 2 is 2.22 bits per heavy atom. The van der Waals surface area contributed by atoms with Crippen molar-refractivity contribution in [2.24, 2.45) is 0 Å². The maximum atomic E-state index is 4.60. The average molecular weight is 246 g/mol. The summed E-state index contributed by atoms with van der Waals surface area (Å²) in [6.07, 6.45) is 5.33. The normalized spacial score (nSPS) is 11.5. The van der Waals surface area contributed by atoms with Crippen LogP contribution in [0.5, 0.6) is 0 Å². The van der Waals surface area contributed by atoms with E-state index >= 15 is 0 Å². The number of fused-ring (bicyclic) bond motifs is 1. The molecule has 0 saturated carbocycles. The Kier molecular flexibility index (Phi) is 4.73. The molecule has 0 amide bonds. The van der Waals surface area contributed by atoms with Crippen LogP contribution in [0, 0.1) is 0 Å². The highest BCUT2D eigenvalue weighted by Gasteiger charge is 2.04. The van der Waals surface area contributed by atoms with Gasteiger partial charge in [0.15, 0.2) is 0 Å². The van der Waals surface area contributed by atoms with Crippen LogP contribution in [-0.2, 0) is 6.54 Å². The zero-order valence-electron chi connectivity index (χ0n) is 11.3. The molecule has 4 nitrogen and oxygen atoms in total. The summed E-state index contributed by atoms with van der Waals surface area (Å²) in [6, 6.07) is 6.08. The fourth-order valence-corrected chi connectivity index (χ4v) is 1.99. The molecule has 0 atom stereocenters. The van der Waals surface area contributed by atoms with Crippen molar-refractivity contribution in [1.29, 1.82) is 0 Å². The Hall–Kier alpha value is -1.39. The van der Waals surface area contributed by atoms with E-state index in [-0.39, 0.29) is 0 Å². The van der Waals surface area contributed by atoms with Crippen LogP contribution in [0.25, 0.3) is 5.65 Å². The fraction of sp³-hybridized carbons (Fsp3) is 0.500. The molecular formula is C14H22N4. The SMILES string of the molecule is CCCNCCN(C)Cc1cn2ccccc2n1. The van der Waals surface area contributed by atoms with E-state index in [0.717, 1.165) is 37.5 Å². The Balaban J connectivity index is 1.84. The van der Waals surface area contributed by atoms with Gasteiger partial charge in [0.2, 0.25) is 0 Å². The number of rotatable bonds is 7. The Bertz CT molecular complexity index is 444. The highest BCUT2D eigenvalue weighted by molar-refractivity contribution is 5.39. The molecule has 0 bridgehead atoms. The number of pyridine rings is 1. The molecule has 1 N–H and O–H groups in total. The quantitative estimate of drug-likeness (QED) is 0.756. The van der Waals surface area contributed by atoms with Gasteiger partial charge in [-0.25, -0.2) is 4.98 Å². The summed E-state index contributed by atoms with van der Waals surface area (Å²) in [6.45, 7) is 6.27. The molecule has 0 fully saturated rings. The van der Waals surface area contributed by atoms with Crippen LogP contribution in [0.2, 0.25) is 0 Å². The van der Waals surface area contributed by atoms with Crippen molar-refractivity contribution >= 4 is 5.65 Å². The number of nitrogens with one attached hydrogen (secondary N) is 1. The third-order valence-electron chi connectivity index (χ3n) is 2.94. The zero-order valence-corrected chi connectivity index (χ0v) is 11.3. The number of hydrogen-bond acceptors (Lipinski definition) is 3. The number of nitrogens with zero attached hydrogens (tertiary/aromatic N) is 3. The summed E-state index contributed by atoms with van der Waals surface area (Å²) < 4.78 is 2.07. The molecule has 0 saturated heterocycles. The van der Waals surface area contributed by atoms with Gasteiger partial charge >= 0.3 is 0 Å². The second-order valence-electron chi connectivity index (χ2n) is 4.69. The molecule has 0 radical (unpaired) electrons. The summed E-state index contributed by atoms with van der Waals surface area (Å²) in [5.41, 5.74) is 2.14. The summed E-state index contributed by atoms with van der Waals surface area (Å²) in [5.74, 6) is 0. The first-order valence-electron chi connectivity index (χ1n) is 6.61. The molecule has 4 heteroatoms. The number of hydrogen-bond donors (Lipinski definition) is 1. The minimum Gasteiger partial charge on any atom is -0.315 e. The van der Waals surface area contributed by atoms with E-state index in [1.165, 1.54) is 6.42 Å². The lowest BCUT2D eigenvalue weighted by Gasteiger charge is -2.15. The van der Waals surface area contributed by atoms with E-state index in [1.807, 2.05) is 24.4 Å². The topological polar surface area (TPSA) is 32.6 Å². The van der Waals surface area contributed by atoms with Crippen LogP contribution < -0.4 is 5.32 Å². The first-order valence-corrected chi connectivity index (χ1v) is 6.61. The van der Waals surface area contributed by atoms with Gasteiger partial charge < -0.3 is 9.72 Å². The first kappa shape index (κ1) is 13.1. The minimum absolute atomic E-state index is 0.898. The first-order chi connectivity index (χ1) is 8.79. The summed E-state index contributed by atoms with van der Waals surface area (Å²) in [5, 5.41) is 3.41. The van der Waals surface area contributed by atoms with Gasteiger partial charge in [-0.2, -0.15) is 0 Å². The van der Waals surface area contributed by atoms with Crippen molar-refractivity contribution in [3.8, 4) is 0 Å². The van der Waals surface area contributed by atoms with Crippen molar-refractivity contribution in [2.45, 2.75) is 19.9 Å². The highest BCUT2D eigenvalue weighted by atomic mass is 15.1. The monoisotopic (exact) mass is 246 g/mol. The van der Waals surface area contributed by atoms with Gasteiger partial charge in [0.25, 0.3) is 0 Å². The van der Waals surface area contributed by atoms with Gasteiger partial charge in [-0.05, 0) is 32.1 Å². The fourth-order valence-electron chi connectivity index (χ4n) is 1.99. The molecule has 0 aliphatic rings. The molecule has 0 spiro atoms. The number of imidazole rings is 1. The lowest BCUT2D eigenvalue weighted by atomic mass is 10.4. The molecule has 98 valence electrons. The molecule has 2 rings (SSSR count). The standard InChI is InChI=1S/C14H22N4/c1-3-7-15-8-10-17(2)11-13-12-18-9-5-4-6-14(18)16-13/h4-6,9,12,15H,3,7-8,10-11H2,1-2H3. The molecule has 0 unspecified atom stereocenters. The smallest absolute Gasteiger partial charge is 0.137 e. The maximum absolute atomic E-state index is 4.60. The third kappa shape index (κ3) is 3.55. The Labute approximate surface area is 109 Å².